The zero-order valence-electron chi connectivity index (χ0n) is 11.1. The van der Waals surface area contributed by atoms with Crippen LogP contribution < -0.4 is 5.73 Å². The molecule has 3 N–H and O–H groups in total. The van der Waals surface area contributed by atoms with Gasteiger partial charge in [-0.3, -0.25) is 4.79 Å². The first-order valence-corrected chi connectivity index (χ1v) is 6.17. The highest BCUT2D eigenvalue weighted by Gasteiger charge is 2.28. The predicted octanol–water partition coefficient (Wildman–Crippen LogP) is 2.89. The number of rotatable bonds is 1. The van der Waals surface area contributed by atoms with Crippen molar-refractivity contribution in [2.24, 2.45) is 23.0 Å². The molecule has 0 aromatic carbocycles. The van der Waals surface area contributed by atoms with Crippen molar-refractivity contribution in [1.82, 2.24) is 0 Å². The lowest BCUT2D eigenvalue weighted by Gasteiger charge is -2.36. The molecule has 0 aromatic rings. The quantitative estimate of drug-likeness (QED) is 0.726. The molecule has 0 amide bonds. The van der Waals surface area contributed by atoms with Gasteiger partial charge in [0.1, 0.15) is 0 Å². The van der Waals surface area contributed by atoms with E-state index in [1.165, 1.54) is 25.7 Å². The summed E-state index contributed by atoms with van der Waals surface area (Å²) in [6.07, 6.45) is 5.51. The Balaban J connectivity index is 0.000000487. The summed E-state index contributed by atoms with van der Waals surface area (Å²) in [6.45, 7) is 9.07. The molecule has 0 radical (unpaired) electrons. The number of hydrogen-bond acceptors (Lipinski definition) is 2. The summed E-state index contributed by atoms with van der Waals surface area (Å²) in [5.41, 5.74) is 6.17. The molecule has 0 aromatic heterocycles. The molecule has 1 saturated carbocycles. The lowest BCUT2D eigenvalue weighted by Crippen LogP contribution is -2.28. The van der Waals surface area contributed by atoms with E-state index in [2.05, 4.69) is 20.8 Å². The maximum absolute atomic E-state index is 9.00. The van der Waals surface area contributed by atoms with Gasteiger partial charge >= 0.3 is 0 Å². The van der Waals surface area contributed by atoms with Gasteiger partial charge in [0.2, 0.25) is 0 Å². The molecule has 0 saturated heterocycles. The maximum Gasteiger partial charge on any atom is 0.300 e. The van der Waals surface area contributed by atoms with Gasteiger partial charge in [0.25, 0.3) is 5.97 Å². The summed E-state index contributed by atoms with van der Waals surface area (Å²) in [5, 5.41) is 7.42. The second kappa shape index (κ2) is 6.89. The molecule has 1 rings (SSSR count). The molecule has 96 valence electrons. The third kappa shape index (κ3) is 6.83. The molecule has 16 heavy (non-hydrogen) atoms. The number of nitrogens with two attached hydrogens (primary N) is 1. The van der Waals surface area contributed by atoms with E-state index in [1.807, 2.05) is 0 Å². The van der Waals surface area contributed by atoms with Crippen LogP contribution in [-0.4, -0.2) is 17.6 Å². The van der Waals surface area contributed by atoms with Gasteiger partial charge in [-0.15, -0.1) is 0 Å². The second-order valence-corrected chi connectivity index (χ2v) is 5.84. The Morgan fingerprint density at radius 3 is 1.88 bits per heavy atom. The summed E-state index contributed by atoms with van der Waals surface area (Å²) < 4.78 is 0. The zero-order valence-corrected chi connectivity index (χ0v) is 11.1. The van der Waals surface area contributed by atoms with Gasteiger partial charge in [-0.2, -0.15) is 0 Å². The molecule has 0 heterocycles. The fourth-order valence-electron chi connectivity index (χ4n) is 2.26. The fraction of sp³-hybridized carbons (Fsp3) is 0.923. The molecule has 0 spiro atoms. The minimum atomic E-state index is -0.833. The Labute approximate surface area is 99.4 Å². The lowest BCUT2D eigenvalue weighted by atomic mass is 9.70. The molecule has 3 nitrogen and oxygen atoms in total. The highest BCUT2D eigenvalue weighted by Crippen LogP contribution is 2.39. The van der Waals surface area contributed by atoms with Crippen molar-refractivity contribution in [3.8, 4) is 0 Å². The zero-order chi connectivity index (χ0) is 12.8. The summed E-state index contributed by atoms with van der Waals surface area (Å²) in [5.74, 6) is 0.920. The molecule has 1 aliphatic carbocycles. The Kier molecular flexibility index (Phi) is 6.65. The van der Waals surface area contributed by atoms with Gasteiger partial charge in [0.05, 0.1) is 0 Å². The average molecular weight is 229 g/mol. The highest BCUT2D eigenvalue weighted by molar-refractivity contribution is 5.62. The van der Waals surface area contributed by atoms with Crippen LogP contribution >= 0.6 is 0 Å². The largest absolute Gasteiger partial charge is 0.481 e. The molecular weight excluding hydrogens is 202 g/mol. The summed E-state index contributed by atoms with van der Waals surface area (Å²) in [6, 6.07) is 0. The van der Waals surface area contributed by atoms with E-state index in [9.17, 15) is 0 Å². The first-order valence-electron chi connectivity index (χ1n) is 6.17. The molecule has 1 aliphatic rings. The first kappa shape index (κ1) is 15.4. The standard InChI is InChI=1S/C11H23N.C2H4O2/c1-11(2,3)10-6-4-9(8-12)5-7-10;1-2(3)4/h9-10H,4-8,12H2,1-3H3;1H3,(H,3,4). The van der Waals surface area contributed by atoms with E-state index in [0.717, 1.165) is 25.3 Å². The normalized spacial score (nSPS) is 25.6. The monoisotopic (exact) mass is 229 g/mol. The molecule has 0 unspecified atom stereocenters. The topological polar surface area (TPSA) is 63.3 Å². The van der Waals surface area contributed by atoms with Crippen LogP contribution in [-0.2, 0) is 4.79 Å². The van der Waals surface area contributed by atoms with Crippen molar-refractivity contribution >= 4 is 5.97 Å². The van der Waals surface area contributed by atoms with Crippen LogP contribution in [0.3, 0.4) is 0 Å². The van der Waals surface area contributed by atoms with Crippen molar-refractivity contribution < 1.29 is 9.90 Å². The second-order valence-electron chi connectivity index (χ2n) is 5.84. The van der Waals surface area contributed by atoms with E-state index in [1.54, 1.807) is 0 Å². The van der Waals surface area contributed by atoms with Crippen LogP contribution in [0.15, 0.2) is 0 Å². The Bertz CT molecular complexity index is 196. The van der Waals surface area contributed by atoms with Crippen LogP contribution in [0.25, 0.3) is 0 Å². The average Bonchev–Trinajstić information content (AvgIpc) is 2.16. The molecule has 1 fully saturated rings. The summed E-state index contributed by atoms with van der Waals surface area (Å²) in [7, 11) is 0. The number of hydrogen-bond donors (Lipinski definition) is 2. The molecule has 3 heteroatoms. The van der Waals surface area contributed by atoms with E-state index < -0.39 is 5.97 Å². The van der Waals surface area contributed by atoms with E-state index in [0.29, 0.717) is 5.41 Å². The number of carbonyl (C=O) groups is 1. The lowest BCUT2D eigenvalue weighted by molar-refractivity contribution is -0.134. The Morgan fingerprint density at radius 1 is 1.25 bits per heavy atom. The van der Waals surface area contributed by atoms with Crippen molar-refractivity contribution in [3.63, 3.8) is 0 Å². The molecule has 0 atom stereocenters. The third-order valence-corrected chi connectivity index (χ3v) is 3.40. The van der Waals surface area contributed by atoms with Crippen LogP contribution in [0.5, 0.6) is 0 Å². The smallest absolute Gasteiger partial charge is 0.300 e. The van der Waals surface area contributed by atoms with Crippen LogP contribution in [0, 0.1) is 17.3 Å². The molecular formula is C13H27NO2. The number of carboxylic acid groups (broad SMARTS) is 1. The molecule has 0 bridgehead atoms. The van der Waals surface area contributed by atoms with Crippen molar-refractivity contribution in [2.45, 2.75) is 53.4 Å². The minimum absolute atomic E-state index is 0.513. The Hall–Kier alpha value is -0.570. The van der Waals surface area contributed by atoms with E-state index >= 15 is 0 Å². The minimum Gasteiger partial charge on any atom is -0.481 e. The van der Waals surface area contributed by atoms with Crippen LogP contribution in [0.2, 0.25) is 0 Å². The van der Waals surface area contributed by atoms with Gasteiger partial charge in [-0.25, -0.2) is 0 Å². The van der Waals surface area contributed by atoms with Gasteiger partial charge in [0.15, 0.2) is 0 Å². The van der Waals surface area contributed by atoms with Gasteiger partial charge in [0, 0.05) is 6.92 Å². The van der Waals surface area contributed by atoms with E-state index in [-0.39, 0.29) is 0 Å². The van der Waals surface area contributed by atoms with Crippen molar-refractivity contribution in [3.05, 3.63) is 0 Å². The van der Waals surface area contributed by atoms with Crippen LogP contribution in [0.4, 0.5) is 0 Å². The maximum atomic E-state index is 9.00. The van der Waals surface area contributed by atoms with Gasteiger partial charge in [-0.05, 0) is 49.5 Å². The van der Waals surface area contributed by atoms with Gasteiger partial charge < -0.3 is 10.8 Å². The molecule has 0 aliphatic heterocycles. The Morgan fingerprint density at radius 2 is 1.62 bits per heavy atom. The predicted molar refractivity (Wildman–Crippen MR) is 67.3 cm³/mol. The van der Waals surface area contributed by atoms with Crippen LogP contribution in [0.1, 0.15) is 53.4 Å². The first-order chi connectivity index (χ1) is 7.27. The highest BCUT2D eigenvalue weighted by atomic mass is 16.4. The van der Waals surface area contributed by atoms with Crippen molar-refractivity contribution in [1.29, 1.82) is 0 Å². The fourth-order valence-corrected chi connectivity index (χ4v) is 2.26. The van der Waals surface area contributed by atoms with E-state index in [4.69, 9.17) is 15.6 Å². The van der Waals surface area contributed by atoms with Crippen molar-refractivity contribution in [2.75, 3.05) is 6.54 Å². The third-order valence-electron chi connectivity index (χ3n) is 3.40. The number of aliphatic carboxylic acids is 1. The summed E-state index contributed by atoms with van der Waals surface area (Å²) >= 11 is 0. The number of carboxylic acids is 1. The summed E-state index contributed by atoms with van der Waals surface area (Å²) in [4.78, 5) is 9.00. The SMILES string of the molecule is CC(=O)O.CC(C)(C)C1CCC(CN)CC1. The van der Waals surface area contributed by atoms with Gasteiger partial charge in [-0.1, -0.05) is 20.8 Å².